The summed E-state index contributed by atoms with van der Waals surface area (Å²) in [7, 11) is -2.95. The SMILES string of the molecule is O=C(CC1CCS(=O)(=O)C1)Nc1ccc2nc(C3CC3)oc2c1. The highest BCUT2D eigenvalue weighted by Crippen LogP contribution is 2.40. The Labute approximate surface area is 134 Å². The Morgan fingerprint density at radius 1 is 1.30 bits per heavy atom. The van der Waals surface area contributed by atoms with Gasteiger partial charge in [-0.15, -0.1) is 0 Å². The number of carbonyl (C=O) groups excluding carboxylic acids is 1. The lowest BCUT2D eigenvalue weighted by Gasteiger charge is -2.08. The van der Waals surface area contributed by atoms with E-state index in [1.165, 1.54) is 0 Å². The Bertz CT molecular complexity index is 867. The maximum Gasteiger partial charge on any atom is 0.224 e. The molecule has 23 heavy (non-hydrogen) atoms. The lowest BCUT2D eigenvalue weighted by atomic mass is 10.1. The first-order valence-electron chi connectivity index (χ1n) is 7.89. The number of hydrogen-bond donors (Lipinski definition) is 1. The van der Waals surface area contributed by atoms with E-state index in [0.717, 1.165) is 24.2 Å². The predicted octanol–water partition coefficient (Wildman–Crippen LogP) is 2.47. The van der Waals surface area contributed by atoms with Gasteiger partial charge in [-0.1, -0.05) is 0 Å². The molecule has 7 heteroatoms. The lowest BCUT2D eigenvalue weighted by Crippen LogP contribution is -2.17. The molecule has 1 saturated carbocycles. The zero-order valence-corrected chi connectivity index (χ0v) is 13.4. The molecule has 0 bridgehead atoms. The summed E-state index contributed by atoms with van der Waals surface area (Å²) in [5.41, 5.74) is 2.13. The molecule has 2 aliphatic rings. The first-order valence-corrected chi connectivity index (χ1v) is 9.71. The number of benzene rings is 1. The minimum absolute atomic E-state index is 0.0736. The van der Waals surface area contributed by atoms with E-state index in [1.54, 1.807) is 12.1 Å². The van der Waals surface area contributed by atoms with Crippen molar-refractivity contribution in [1.29, 1.82) is 0 Å². The second-order valence-electron chi connectivity index (χ2n) is 6.53. The molecule has 122 valence electrons. The van der Waals surface area contributed by atoms with Gasteiger partial charge in [0.2, 0.25) is 5.91 Å². The van der Waals surface area contributed by atoms with Crippen LogP contribution >= 0.6 is 0 Å². The van der Waals surface area contributed by atoms with Gasteiger partial charge in [0.15, 0.2) is 21.3 Å². The minimum Gasteiger partial charge on any atom is -0.440 e. The van der Waals surface area contributed by atoms with Gasteiger partial charge in [-0.25, -0.2) is 13.4 Å². The van der Waals surface area contributed by atoms with Crippen molar-refractivity contribution in [1.82, 2.24) is 4.98 Å². The monoisotopic (exact) mass is 334 g/mol. The molecule has 6 nitrogen and oxygen atoms in total. The summed E-state index contributed by atoms with van der Waals surface area (Å²) in [6.45, 7) is 0. The number of anilines is 1. The van der Waals surface area contributed by atoms with Crippen LogP contribution in [-0.2, 0) is 14.6 Å². The van der Waals surface area contributed by atoms with Crippen molar-refractivity contribution in [2.24, 2.45) is 5.92 Å². The van der Waals surface area contributed by atoms with E-state index in [2.05, 4.69) is 10.3 Å². The van der Waals surface area contributed by atoms with Crippen molar-refractivity contribution in [3.8, 4) is 0 Å². The van der Waals surface area contributed by atoms with Crippen molar-refractivity contribution in [2.75, 3.05) is 16.8 Å². The Hall–Kier alpha value is -1.89. The highest BCUT2D eigenvalue weighted by atomic mass is 32.2. The molecular formula is C16H18N2O4S. The van der Waals surface area contributed by atoms with Crippen LogP contribution in [-0.4, -0.2) is 30.8 Å². The highest BCUT2D eigenvalue weighted by molar-refractivity contribution is 7.91. The minimum atomic E-state index is -2.95. The summed E-state index contributed by atoms with van der Waals surface area (Å²) in [6, 6.07) is 5.41. The Morgan fingerprint density at radius 2 is 2.13 bits per heavy atom. The summed E-state index contributed by atoms with van der Waals surface area (Å²) in [4.78, 5) is 16.5. The third-order valence-electron chi connectivity index (χ3n) is 4.42. The zero-order valence-electron chi connectivity index (χ0n) is 12.6. The first-order chi connectivity index (χ1) is 11.0. The molecule has 2 aromatic rings. The topological polar surface area (TPSA) is 89.3 Å². The first kappa shape index (κ1) is 14.7. The maximum absolute atomic E-state index is 12.1. The molecule has 1 aliphatic heterocycles. The summed E-state index contributed by atoms with van der Waals surface area (Å²) in [5.74, 6) is 1.30. The number of rotatable bonds is 4. The molecule has 2 fully saturated rings. The van der Waals surface area contributed by atoms with E-state index in [9.17, 15) is 13.2 Å². The van der Waals surface area contributed by atoms with Gasteiger partial charge in [0, 0.05) is 24.1 Å². The van der Waals surface area contributed by atoms with Gasteiger partial charge < -0.3 is 9.73 Å². The third-order valence-corrected chi connectivity index (χ3v) is 6.25. The van der Waals surface area contributed by atoms with Gasteiger partial charge in [0.25, 0.3) is 0 Å². The van der Waals surface area contributed by atoms with Crippen molar-refractivity contribution in [3.63, 3.8) is 0 Å². The number of nitrogens with zero attached hydrogens (tertiary/aromatic N) is 1. The van der Waals surface area contributed by atoms with Crippen LogP contribution in [0.25, 0.3) is 11.1 Å². The van der Waals surface area contributed by atoms with Crippen LogP contribution in [0.1, 0.15) is 37.5 Å². The molecular weight excluding hydrogens is 316 g/mol. The Balaban J connectivity index is 1.43. The fourth-order valence-electron chi connectivity index (χ4n) is 3.03. The van der Waals surface area contributed by atoms with Gasteiger partial charge >= 0.3 is 0 Å². The largest absolute Gasteiger partial charge is 0.440 e. The average Bonchev–Trinajstić information content (AvgIpc) is 3.16. The van der Waals surface area contributed by atoms with E-state index in [1.807, 2.05) is 6.07 Å². The van der Waals surface area contributed by atoms with Crippen LogP contribution in [0.15, 0.2) is 22.6 Å². The highest BCUT2D eigenvalue weighted by Gasteiger charge is 2.30. The van der Waals surface area contributed by atoms with Gasteiger partial charge in [-0.3, -0.25) is 4.79 Å². The van der Waals surface area contributed by atoms with Gasteiger partial charge in [-0.2, -0.15) is 0 Å². The molecule has 1 unspecified atom stereocenters. The number of aromatic nitrogens is 1. The Kier molecular flexibility index (Phi) is 3.41. The average molecular weight is 334 g/mol. The summed E-state index contributed by atoms with van der Waals surface area (Å²) >= 11 is 0. The number of fused-ring (bicyclic) bond motifs is 1. The van der Waals surface area contributed by atoms with Crippen molar-refractivity contribution in [2.45, 2.75) is 31.6 Å². The smallest absolute Gasteiger partial charge is 0.224 e. The number of sulfone groups is 1. The van der Waals surface area contributed by atoms with Crippen molar-refractivity contribution < 1.29 is 17.6 Å². The molecule has 1 amide bonds. The number of hydrogen-bond acceptors (Lipinski definition) is 5. The maximum atomic E-state index is 12.1. The summed E-state index contributed by atoms with van der Waals surface area (Å²) in [5, 5.41) is 2.82. The normalized spacial score (nSPS) is 23.2. The second-order valence-corrected chi connectivity index (χ2v) is 8.76. The van der Waals surface area contributed by atoms with Gasteiger partial charge in [0.1, 0.15) is 5.52 Å². The van der Waals surface area contributed by atoms with Crippen LogP contribution in [0.2, 0.25) is 0 Å². The zero-order chi connectivity index (χ0) is 16.0. The van der Waals surface area contributed by atoms with Crippen LogP contribution in [0, 0.1) is 5.92 Å². The second kappa shape index (κ2) is 5.33. The van der Waals surface area contributed by atoms with Crippen molar-refractivity contribution >= 4 is 32.5 Å². The quantitative estimate of drug-likeness (QED) is 0.928. The number of nitrogens with one attached hydrogen (secondary N) is 1. The van der Waals surface area contributed by atoms with E-state index in [-0.39, 0.29) is 29.8 Å². The van der Waals surface area contributed by atoms with E-state index in [4.69, 9.17) is 4.42 Å². The molecule has 1 aliphatic carbocycles. The molecule has 1 N–H and O–H groups in total. The van der Waals surface area contributed by atoms with E-state index >= 15 is 0 Å². The van der Waals surface area contributed by atoms with E-state index < -0.39 is 9.84 Å². The van der Waals surface area contributed by atoms with Gasteiger partial charge in [0.05, 0.1) is 11.5 Å². The summed E-state index contributed by atoms with van der Waals surface area (Å²) < 4.78 is 28.6. The third kappa shape index (κ3) is 3.24. The number of carbonyl (C=O) groups is 1. The van der Waals surface area contributed by atoms with Crippen LogP contribution < -0.4 is 5.32 Å². The molecule has 1 atom stereocenters. The van der Waals surface area contributed by atoms with Crippen LogP contribution in [0.5, 0.6) is 0 Å². The predicted molar refractivity (Wildman–Crippen MR) is 86.0 cm³/mol. The van der Waals surface area contributed by atoms with Crippen LogP contribution in [0.4, 0.5) is 5.69 Å². The van der Waals surface area contributed by atoms with Gasteiger partial charge in [-0.05, 0) is 37.3 Å². The number of amides is 1. The Morgan fingerprint density at radius 3 is 2.83 bits per heavy atom. The number of oxazole rings is 1. The fourth-order valence-corrected chi connectivity index (χ4v) is 4.89. The summed E-state index contributed by atoms with van der Waals surface area (Å²) in [6.07, 6.45) is 3.06. The van der Waals surface area contributed by atoms with E-state index in [0.29, 0.717) is 23.6 Å². The molecule has 2 heterocycles. The standard InChI is InChI=1S/C16H18N2O4S/c19-15(7-10-5-6-23(20,21)9-10)17-12-3-4-13-14(8-12)22-16(18-13)11-1-2-11/h3-4,8,10-11H,1-2,5-7,9H2,(H,17,19). The molecule has 1 aromatic carbocycles. The molecule has 1 aromatic heterocycles. The fraction of sp³-hybridized carbons (Fsp3) is 0.500. The molecule has 4 rings (SSSR count). The molecule has 0 radical (unpaired) electrons. The molecule has 0 spiro atoms. The van der Waals surface area contributed by atoms with Crippen LogP contribution in [0.3, 0.4) is 0 Å². The lowest BCUT2D eigenvalue weighted by molar-refractivity contribution is -0.116. The van der Waals surface area contributed by atoms with Crippen molar-refractivity contribution in [3.05, 3.63) is 24.1 Å². The molecule has 1 saturated heterocycles.